The molecule has 2 atom stereocenters. The standard InChI is InChI=1S/C11H17.C8H11.2C2H7Si.2ClH.Zr/c1-8(2)10-5-6-11(7-10)9(3)4;1-7(2)8-5-3-4-6-8;2*1-3-2;;;/h5-9H,1-4H3;3-7H,1-2H3;2*3H,1-2H3;2*1H;/p-2. The Hall–Kier alpha value is 0.857. The van der Waals surface area contributed by atoms with E-state index in [1.54, 1.807) is 11.1 Å². The zero-order valence-corrected chi connectivity index (χ0v) is 26.0. The van der Waals surface area contributed by atoms with Crippen molar-refractivity contribution in [2.45, 2.75) is 75.0 Å². The number of rotatable bonds is 7. The van der Waals surface area contributed by atoms with Crippen molar-refractivity contribution in [1.29, 1.82) is 0 Å². The van der Waals surface area contributed by atoms with E-state index in [0.29, 0.717) is 17.8 Å². The second-order valence-corrected chi connectivity index (χ2v) is 55.6. The van der Waals surface area contributed by atoms with E-state index < -0.39 is 30.4 Å². The van der Waals surface area contributed by atoms with Gasteiger partial charge in [0, 0.05) is 0 Å². The molecule has 0 saturated heterocycles. The third-order valence-electron chi connectivity index (χ3n) is 7.04. The fourth-order valence-corrected chi connectivity index (χ4v) is 78.0. The molecular formula is C23H42Cl2Si2Zr-2. The summed E-state index contributed by atoms with van der Waals surface area (Å²) in [6.45, 7) is 25.2. The molecule has 5 heteroatoms. The molecule has 162 valence electrons. The van der Waals surface area contributed by atoms with Gasteiger partial charge in [-0.05, 0) is 0 Å². The first-order chi connectivity index (χ1) is 12.0. The van der Waals surface area contributed by atoms with Crippen LogP contribution in [0.3, 0.4) is 0 Å². The Bertz CT molecular complexity index is 635. The van der Waals surface area contributed by atoms with Gasteiger partial charge in [-0.1, -0.05) is 0 Å². The largest absolute Gasteiger partial charge is 1.00 e. The first-order valence-corrected chi connectivity index (χ1v) is 28.0. The van der Waals surface area contributed by atoms with Gasteiger partial charge in [0.2, 0.25) is 0 Å². The maximum Gasteiger partial charge on any atom is -1.00 e. The molecule has 2 aliphatic rings. The van der Waals surface area contributed by atoms with Gasteiger partial charge in [0.15, 0.2) is 0 Å². The molecule has 0 N–H and O–H groups in total. The summed E-state index contributed by atoms with van der Waals surface area (Å²) < 4.78 is 1.73. The predicted molar refractivity (Wildman–Crippen MR) is 123 cm³/mol. The maximum absolute atomic E-state index is 2.80. The van der Waals surface area contributed by atoms with E-state index in [-0.39, 0.29) is 24.8 Å². The smallest absolute Gasteiger partial charge is 1.00 e. The van der Waals surface area contributed by atoms with Gasteiger partial charge in [-0.3, -0.25) is 0 Å². The molecule has 0 bridgehead atoms. The van der Waals surface area contributed by atoms with Crippen molar-refractivity contribution in [2.24, 2.45) is 17.8 Å². The molecule has 0 radical (unpaired) electrons. The van der Waals surface area contributed by atoms with Crippen molar-refractivity contribution in [3.63, 3.8) is 0 Å². The zero-order valence-electron chi connectivity index (χ0n) is 19.7. The van der Waals surface area contributed by atoms with Crippen LogP contribution in [0, 0.1) is 17.8 Å². The topological polar surface area (TPSA) is 0 Å². The molecule has 2 aliphatic carbocycles. The number of hydrogen-bond donors (Lipinski definition) is 0. The maximum atomic E-state index is 2.80. The normalized spacial score (nSPS) is 22.0. The van der Waals surface area contributed by atoms with Crippen LogP contribution in [0.4, 0.5) is 0 Å². The summed E-state index contributed by atoms with van der Waals surface area (Å²) in [5.41, 5.74) is 5.06. The second-order valence-electron chi connectivity index (χ2n) is 10.1. The van der Waals surface area contributed by atoms with E-state index in [9.17, 15) is 0 Å². The van der Waals surface area contributed by atoms with E-state index in [1.807, 2.05) is 5.57 Å². The second kappa shape index (κ2) is 11.5. The Labute approximate surface area is 193 Å². The van der Waals surface area contributed by atoms with E-state index in [2.05, 4.69) is 98.1 Å². The molecule has 0 amide bonds. The van der Waals surface area contributed by atoms with E-state index in [4.69, 9.17) is 0 Å². The molecular weight excluding hydrogens is 495 g/mol. The van der Waals surface area contributed by atoms with Crippen LogP contribution in [0.1, 0.15) is 41.5 Å². The van der Waals surface area contributed by atoms with Crippen LogP contribution < -0.4 is 24.8 Å². The summed E-state index contributed by atoms with van der Waals surface area (Å²) >= 11 is -2.40. The Morgan fingerprint density at radius 3 is 1.61 bits per heavy atom. The molecule has 2 unspecified atom stereocenters. The molecule has 0 spiro atoms. The van der Waals surface area contributed by atoms with E-state index >= 15 is 0 Å². The van der Waals surface area contributed by atoms with Gasteiger partial charge >= 0.3 is 170 Å². The van der Waals surface area contributed by atoms with Crippen LogP contribution in [-0.2, 0) is 18.6 Å². The number of hydrogen-bond acceptors (Lipinski definition) is 0. The van der Waals surface area contributed by atoms with Crippen molar-refractivity contribution in [3.05, 3.63) is 47.1 Å². The molecule has 0 saturated carbocycles. The average molecular weight is 537 g/mol. The Morgan fingerprint density at radius 2 is 1.25 bits per heavy atom. The van der Waals surface area contributed by atoms with Crippen molar-refractivity contribution in [2.75, 3.05) is 0 Å². The van der Waals surface area contributed by atoms with E-state index in [0.717, 1.165) is 7.25 Å². The van der Waals surface area contributed by atoms with Crippen LogP contribution in [0.5, 0.6) is 0 Å². The van der Waals surface area contributed by atoms with Gasteiger partial charge < -0.3 is 24.8 Å². The molecule has 0 nitrogen and oxygen atoms in total. The Balaban J connectivity index is 0.00000364. The minimum atomic E-state index is -2.40. The quantitative estimate of drug-likeness (QED) is 0.427. The van der Waals surface area contributed by atoms with Crippen LogP contribution in [-0.4, -0.2) is 11.8 Å². The van der Waals surface area contributed by atoms with Gasteiger partial charge in [-0.25, -0.2) is 0 Å². The van der Waals surface area contributed by atoms with Crippen LogP contribution >= 0.6 is 0 Å². The molecule has 0 heterocycles. The molecule has 0 aliphatic heterocycles. The van der Waals surface area contributed by atoms with Crippen LogP contribution in [0.15, 0.2) is 47.1 Å². The van der Waals surface area contributed by atoms with E-state index in [1.165, 1.54) is 0 Å². The van der Waals surface area contributed by atoms with Gasteiger partial charge in [0.1, 0.15) is 0 Å². The number of halogens is 2. The number of allylic oxidation sites excluding steroid dienone is 8. The Kier molecular flexibility index (Phi) is 11.8. The van der Waals surface area contributed by atoms with Gasteiger partial charge in [-0.2, -0.15) is 0 Å². The van der Waals surface area contributed by atoms with Crippen molar-refractivity contribution >= 4 is 11.8 Å². The van der Waals surface area contributed by atoms with Crippen molar-refractivity contribution in [3.8, 4) is 0 Å². The molecule has 0 aromatic rings. The molecule has 2 rings (SSSR count). The fourth-order valence-electron chi connectivity index (χ4n) is 5.53. The van der Waals surface area contributed by atoms with Gasteiger partial charge in [-0.15, -0.1) is 0 Å². The predicted octanol–water partition coefficient (Wildman–Crippen LogP) is 1.02. The SMILES string of the molecule is CC(C)C1=C[CH]([Zr]([CH]2C=C(C(C)C)C=C2C(C)C)([SiH](C)C)[SiH](C)C)C=C1.[Cl-].[Cl-]. The molecule has 0 aromatic carbocycles. The molecule has 0 fully saturated rings. The summed E-state index contributed by atoms with van der Waals surface area (Å²) in [4.78, 5) is 0. The van der Waals surface area contributed by atoms with Crippen LogP contribution in [0.2, 0.25) is 33.4 Å². The minimum Gasteiger partial charge on any atom is -1.00 e. The Morgan fingerprint density at radius 1 is 0.750 bits per heavy atom. The monoisotopic (exact) mass is 534 g/mol. The summed E-state index contributed by atoms with van der Waals surface area (Å²) in [7, 11) is 0. The van der Waals surface area contributed by atoms with Crippen LogP contribution in [0.25, 0.3) is 0 Å². The zero-order chi connectivity index (χ0) is 19.8. The minimum absolute atomic E-state index is 0. The first-order valence-electron chi connectivity index (χ1n) is 10.9. The summed E-state index contributed by atoms with van der Waals surface area (Å²) in [6, 6.07) is 0. The molecule has 0 aromatic heterocycles. The average Bonchev–Trinajstić information content (AvgIpc) is 3.15. The summed E-state index contributed by atoms with van der Waals surface area (Å²) in [6.07, 6.45) is 13.3. The van der Waals surface area contributed by atoms with Crippen molar-refractivity contribution < 1.29 is 43.4 Å². The van der Waals surface area contributed by atoms with Gasteiger partial charge in [0.05, 0.1) is 0 Å². The third-order valence-corrected chi connectivity index (χ3v) is 80.6. The van der Waals surface area contributed by atoms with Crippen molar-refractivity contribution in [1.82, 2.24) is 0 Å². The van der Waals surface area contributed by atoms with Gasteiger partial charge in [0.25, 0.3) is 0 Å². The first kappa shape index (κ1) is 28.9. The summed E-state index contributed by atoms with van der Waals surface area (Å²) in [5, 5.41) is 0. The summed E-state index contributed by atoms with van der Waals surface area (Å²) in [5.74, 6) is 0.655. The fraction of sp³-hybridized carbons (Fsp3) is 0.652. The molecule has 28 heavy (non-hydrogen) atoms. The third kappa shape index (κ3) is 5.36.